The summed E-state index contributed by atoms with van der Waals surface area (Å²) >= 11 is 0. The summed E-state index contributed by atoms with van der Waals surface area (Å²) in [5.74, 6) is 5.53. The van der Waals surface area contributed by atoms with Crippen LogP contribution in [0.1, 0.15) is 24.0 Å². The van der Waals surface area contributed by atoms with E-state index >= 15 is 0 Å². The van der Waals surface area contributed by atoms with E-state index in [4.69, 9.17) is 10.6 Å². The molecule has 0 atom stereocenters. The van der Waals surface area contributed by atoms with Crippen molar-refractivity contribution in [1.82, 2.24) is 0 Å². The molecule has 0 bridgehead atoms. The zero-order valence-corrected chi connectivity index (χ0v) is 9.03. The highest BCUT2D eigenvalue weighted by Gasteiger charge is 2.21. The predicted molar refractivity (Wildman–Crippen MR) is 60.6 cm³/mol. The van der Waals surface area contributed by atoms with Crippen molar-refractivity contribution < 1.29 is 9.13 Å². The first-order valence-corrected chi connectivity index (χ1v) is 5.39. The van der Waals surface area contributed by atoms with E-state index in [1.54, 1.807) is 6.07 Å². The van der Waals surface area contributed by atoms with Crippen LogP contribution in [-0.2, 0) is 11.3 Å². The number of nitrogens with zero attached hydrogens (tertiary/aromatic N) is 1. The van der Waals surface area contributed by atoms with Gasteiger partial charge in [0.2, 0.25) is 0 Å². The lowest BCUT2D eigenvalue weighted by Gasteiger charge is -2.06. The molecule has 2 N–H and O–H groups in total. The summed E-state index contributed by atoms with van der Waals surface area (Å²) in [6, 6.07) is 4.51. The molecule has 16 heavy (non-hydrogen) atoms. The van der Waals surface area contributed by atoms with Gasteiger partial charge in [-0.25, -0.2) is 4.39 Å². The zero-order valence-electron chi connectivity index (χ0n) is 9.03. The molecule has 0 heterocycles. The molecule has 0 unspecified atom stereocenters. The Bertz CT molecular complexity index is 389. The molecule has 0 saturated heterocycles. The van der Waals surface area contributed by atoms with Gasteiger partial charge in [0.1, 0.15) is 5.82 Å². The number of hydrazone groups is 1. The van der Waals surface area contributed by atoms with Crippen LogP contribution in [0.15, 0.2) is 23.3 Å². The third-order valence-corrected chi connectivity index (χ3v) is 2.63. The fourth-order valence-electron chi connectivity index (χ4n) is 1.53. The van der Waals surface area contributed by atoms with Gasteiger partial charge in [0.05, 0.1) is 12.8 Å². The second-order valence-corrected chi connectivity index (χ2v) is 4.08. The molecule has 0 amide bonds. The minimum absolute atomic E-state index is 0.265. The average molecular weight is 222 g/mol. The molecule has 0 spiro atoms. The van der Waals surface area contributed by atoms with Gasteiger partial charge in [-0.05, 0) is 36.5 Å². The zero-order chi connectivity index (χ0) is 11.4. The van der Waals surface area contributed by atoms with Gasteiger partial charge in [-0.15, -0.1) is 0 Å². The van der Waals surface area contributed by atoms with E-state index in [2.05, 4.69) is 5.10 Å². The summed E-state index contributed by atoms with van der Waals surface area (Å²) in [6.07, 6.45) is 4.01. The van der Waals surface area contributed by atoms with Crippen LogP contribution in [-0.4, -0.2) is 12.8 Å². The van der Waals surface area contributed by atoms with E-state index in [0.29, 0.717) is 12.5 Å². The third kappa shape index (κ3) is 3.03. The quantitative estimate of drug-likeness (QED) is 0.471. The van der Waals surface area contributed by atoms with Crippen molar-refractivity contribution in [2.24, 2.45) is 16.9 Å². The van der Waals surface area contributed by atoms with Crippen molar-refractivity contribution in [3.63, 3.8) is 0 Å². The Hall–Kier alpha value is -1.42. The van der Waals surface area contributed by atoms with Gasteiger partial charge >= 0.3 is 0 Å². The van der Waals surface area contributed by atoms with Crippen molar-refractivity contribution in [1.29, 1.82) is 0 Å². The largest absolute Gasteiger partial charge is 0.376 e. The summed E-state index contributed by atoms with van der Waals surface area (Å²) in [7, 11) is 0. The highest BCUT2D eigenvalue weighted by Crippen LogP contribution is 2.29. The number of hydrogen-bond donors (Lipinski definition) is 1. The van der Waals surface area contributed by atoms with Crippen LogP contribution in [0.4, 0.5) is 4.39 Å². The molecule has 0 aliphatic heterocycles. The van der Waals surface area contributed by atoms with Gasteiger partial charge < -0.3 is 10.6 Å². The smallest absolute Gasteiger partial charge is 0.123 e. The van der Waals surface area contributed by atoms with Gasteiger partial charge in [0.15, 0.2) is 0 Å². The molecular formula is C12H15FN2O. The molecule has 1 fully saturated rings. The van der Waals surface area contributed by atoms with Crippen LogP contribution in [0.5, 0.6) is 0 Å². The molecule has 86 valence electrons. The molecule has 1 aliphatic rings. The average Bonchev–Trinajstić information content (AvgIpc) is 3.06. The fraction of sp³-hybridized carbons (Fsp3) is 0.417. The Kier molecular flexibility index (Phi) is 3.51. The summed E-state index contributed by atoms with van der Waals surface area (Å²) in [5, 5.41) is 3.45. The Morgan fingerprint density at radius 3 is 3.00 bits per heavy atom. The number of ether oxygens (including phenoxy) is 1. The monoisotopic (exact) mass is 222 g/mol. The lowest BCUT2D eigenvalue weighted by molar-refractivity contribution is 0.111. The van der Waals surface area contributed by atoms with Crippen molar-refractivity contribution in [2.45, 2.75) is 19.4 Å². The second kappa shape index (κ2) is 5.07. The van der Waals surface area contributed by atoms with Gasteiger partial charge in [0.25, 0.3) is 0 Å². The number of hydrogen-bond acceptors (Lipinski definition) is 3. The van der Waals surface area contributed by atoms with Crippen LogP contribution in [0, 0.1) is 11.7 Å². The topological polar surface area (TPSA) is 47.6 Å². The summed E-state index contributed by atoms with van der Waals surface area (Å²) < 4.78 is 18.6. The van der Waals surface area contributed by atoms with Crippen LogP contribution in [0.25, 0.3) is 0 Å². The molecule has 1 saturated carbocycles. The Balaban J connectivity index is 2.00. The normalized spacial score (nSPS) is 15.8. The molecule has 3 nitrogen and oxygen atoms in total. The Morgan fingerprint density at radius 1 is 1.50 bits per heavy atom. The number of halogens is 1. The van der Waals surface area contributed by atoms with Gasteiger partial charge in [-0.2, -0.15) is 5.10 Å². The minimum atomic E-state index is -0.265. The van der Waals surface area contributed by atoms with E-state index < -0.39 is 0 Å². The Morgan fingerprint density at radius 2 is 2.31 bits per heavy atom. The fourth-order valence-corrected chi connectivity index (χ4v) is 1.53. The van der Waals surface area contributed by atoms with E-state index in [9.17, 15) is 4.39 Å². The number of rotatable bonds is 5. The maximum Gasteiger partial charge on any atom is 0.123 e. The van der Waals surface area contributed by atoms with Gasteiger partial charge in [-0.3, -0.25) is 0 Å². The first kappa shape index (κ1) is 11.1. The standard InChI is InChI=1S/C12H15FN2O/c13-12-4-3-10(6-15-14)11(5-12)8-16-7-9-1-2-9/h3-6,9H,1-2,7-8,14H2. The molecule has 2 rings (SSSR count). The van der Waals surface area contributed by atoms with Crippen LogP contribution in [0.2, 0.25) is 0 Å². The third-order valence-electron chi connectivity index (χ3n) is 2.63. The van der Waals surface area contributed by atoms with Gasteiger partial charge in [0, 0.05) is 12.2 Å². The second-order valence-electron chi connectivity index (χ2n) is 4.08. The molecular weight excluding hydrogens is 207 g/mol. The van der Waals surface area contributed by atoms with E-state index in [1.165, 1.54) is 31.2 Å². The Labute approximate surface area is 94.1 Å². The highest BCUT2D eigenvalue weighted by molar-refractivity contribution is 5.81. The van der Waals surface area contributed by atoms with Crippen LogP contribution in [0.3, 0.4) is 0 Å². The maximum absolute atomic E-state index is 13.1. The predicted octanol–water partition coefficient (Wildman–Crippen LogP) is 2.04. The van der Waals surface area contributed by atoms with Crippen molar-refractivity contribution >= 4 is 6.21 Å². The molecule has 4 heteroatoms. The number of benzene rings is 1. The van der Waals surface area contributed by atoms with E-state index in [0.717, 1.165) is 17.7 Å². The first-order valence-electron chi connectivity index (χ1n) is 5.39. The molecule has 1 aliphatic carbocycles. The summed E-state index contributed by atoms with van der Waals surface area (Å²) in [6.45, 7) is 1.17. The molecule has 0 aromatic heterocycles. The maximum atomic E-state index is 13.1. The highest BCUT2D eigenvalue weighted by atomic mass is 19.1. The van der Waals surface area contributed by atoms with Crippen molar-refractivity contribution in [3.05, 3.63) is 35.1 Å². The van der Waals surface area contributed by atoms with Crippen molar-refractivity contribution in [2.75, 3.05) is 6.61 Å². The van der Waals surface area contributed by atoms with Gasteiger partial charge in [-0.1, -0.05) is 6.07 Å². The lowest BCUT2D eigenvalue weighted by atomic mass is 10.1. The molecule has 1 aromatic rings. The van der Waals surface area contributed by atoms with Crippen LogP contribution < -0.4 is 5.84 Å². The molecule has 1 aromatic carbocycles. The van der Waals surface area contributed by atoms with Crippen LogP contribution >= 0.6 is 0 Å². The SMILES string of the molecule is NN=Cc1ccc(F)cc1COCC1CC1. The lowest BCUT2D eigenvalue weighted by Crippen LogP contribution is -2.01. The van der Waals surface area contributed by atoms with E-state index in [-0.39, 0.29) is 5.82 Å². The van der Waals surface area contributed by atoms with Crippen molar-refractivity contribution in [3.8, 4) is 0 Å². The summed E-state index contributed by atoms with van der Waals surface area (Å²) in [4.78, 5) is 0. The number of nitrogens with two attached hydrogens (primary N) is 1. The first-order chi connectivity index (χ1) is 7.79. The summed E-state index contributed by atoms with van der Waals surface area (Å²) in [5.41, 5.74) is 1.59. The van der Waals surface area contributed by atoms with E-state index in [1.807, 2.05) is 0 Å². The minimum Gasteiger partial charge on any atom is -0.376 e. The molecule has 0 radical (unpaired) electrons.